The van der Waals surface area contributed by atoms with Crippen molar-refractivity contribution in [3.63, 3.8) is 0 Å². The van der Waals surface area contributed by atoms with E-state index in [2.05, 4.69) is 36.2 Å². The number of ether oxygens (including phenoxy) is 1. The number of nitrogens with zero attached hydrogens (tertiary/aromatic N) is 2. The Balaban J connectivity index is 0.000000673. The summed E-state index contributed by atoms with van der Waals surface area (Å²) >= 11 is 3.23. The molecule has 39 heavy (non-hydrogen) atoms. The fourth-order valence-electron chi connectivity index (χ4n) is 2.88. The zero-order valence-corrected chi connectivity index (χ0v) is 21.6. The van der Waals surface area contributed by atoms with Crippen LogP contribution in [0.3, 0.4) is 0 Å². The highest BCUT2D eigenvalue weighted by atomic mass is 79.9. The van der Waals surface area contributed by atoms with E-state index in [1.54, 1.807) is 19.3 Å². The van der Waals surface area contributed by atoms with E-state index >= 15 is 0 Å². The number of aryl methyl sites for hydroxylation is 1. The van der Waals surface area contributed by atoms with Crippen LogP contribution in [0.2, 0.25) is 0 Å². The number of hydrogen-bond acceptors (Lipinski definition) is 7. The lowest BCUT2D eigenvalue weighted by atomic mass is 10.1. The van der Waals surface area contributed by atoms with E-state index in [0.717, 1.165) is 17.7 Å². The predicted molar refractivity (Wildman–Crippen MR) is 130 cm³/mol. The Labute approximate surface area is 225 Å². The van der Waals surface area contributed by atoms with E-state index in [4.69, 9.17) is 20.4 Å². The van der Waals surface area contributed by atoms with Gasteiger partial charge in [-0.1, -0.05) is 0 Å². The molecule has 0 aliphatic rings. The summed E-state index contributed by atoms with van der Waals surface area (Å²) in [4.78, 5) is 43.5. The minimum absolute atomic E-state index is 0.122. The number of carbonyl (C=O) groups excluding carboxylic acids is 1. The van der Waals surface area contributed by atoms with Gasteiger partial charge in [-0.2, -0.15) is 13.2 Å². The molecule has 0 saturated heterocycles. The van der Waals surface area contributed by atoms with Crippen molar-refractivity contribution in [2.75, 3.05) is 6.54 Å². The van der Waals surface area contributed by atoms with Gasteiger partial charge in [0.1, 0.15) is 34.3 Å². The van der Waals surface area contributed by atoms with Crippen molar-refractivity contribution in [1.29, 1.82) is 0 Å². The molecular formula is C23H21BrF5N5O5. The second-order valence-electron chi connectivity index (χ2n) is 7.69. The van der Waals surface area contributed by atoms with Gasteiger partial charge in [-0.15, -0.1) is 0 Å². The maximum atomic E-state index is 14.0. The summed E-state index contributed by atoms with van der Waals surface area (Å²) in [6, 6.07) is 3.19. The predicted octanol–water partition coefficient (Wildman–Crippen LogP) is 2.89. The topological polar surface area (TPSA) is 160 Å². The summed E-state index contributed by atoms with van der Waals surface area (Å²) in [6.07, 6.45) is -1.57. The molecule has 2 aromatic heterocycles. The van der Waals surface area contributed by atoms with Crippen LogP contribution < -0.4 is 21.3 Å². The van der Waals surface area contributed by atoms with Gasteiger partial charge in [0.2, 0.25) is 5.91 Å². The van der Waals surface area contributed by atoms with Crippen molar-refractivity contribution in [2.24, 2.45) is 5.73 Å². The van der Waals surface area contributed by atoms with Crippen LogP contribution >= 0.6 is 15.9 Å². The normalized spacial score (nSPS) is 10.9. The molecule has 3 rings (SSSR count). The largest absolute Gasteiger partial charge is 0.490 e. The van der Waals surface area contributed by atoms with Gasteiger partial charge < -0.3 is 25.9 Å². The Morgan fingerprint density at radius 3 is 2.36 bits per heavy atom. The number of amides is 1. The molecule has 0 atom stereocenters. The van der Waals surface area contributed by atoms with Crippen molar-refractivity contribution in [3.8, 4) is 5.75 Å². The van der Waals surface area contributed by atoms with Gasteiger partial charge in [-0.3, -0.25) is 9.59 Å². The molecule has 0 radical (unpaired) electrons. The number of carbonyl (C=O) groups is 2. The van der Waals surface area contributed by atoms with E-state index in [1.165, 1.54) is 6.07 Å². The summed E-state index contributed by atoms with van der Waals surface area (Å²) in [7, 11) is 0. The number of pyridine rings is 1. The molecule has 0 saturated carbocycles. The lowest BCUT2D eigenvalue weighted by molar-refractivity contribution is -0.192. The number of hydrogen-bond donors (Lipinski definition) is 4. The highest BCUT2D eigenvalue weighted by Gasteiger charge is 2.38. The minimum Gasteiger partial charge on any atom is -0.487 e. The lowest BCUT2D eigenvalue weighted by Crippen LogP contribution is -2.30. The molecule has 0 fully saturated rings. The van der Waals surface area contributed by atoms with Crippen LogP contribution in [0.25, 0.3) is 0 Å². The lowest BCUT2D eigenvalue weighted by Gasteiger charge is -2.16. The third-order valence-corrected chi connectivity index (χ3v) is 5.55. The molecular weight excluding hydrogens is 601 g/mol. The number of aliphatic carboxylic acids is 1. The number of carboxylic acid groups (broad SMARTS) is 1. The first-order valence-corrected chi connectivity index (χ1v) is 11.6. The Bertz CT molecular complexity index is 1380. The quantitative estimate of drug-likeness (QED) is 0.279. The zero-order chi connectivity index (χ0) is 29.3. The minimum atomic E-state index is -5.08. The third kappa shape index (κ3) is 9.40. The summed E-state index contributed by atoms with van der Waals surface area (Å²) in [5.41, 5.74) is 6.92. The smallest absolute Gasteiger partial charge is 0.487 e. The molecule has 210 valence electrons. The number of nitrogens with two attached hydrogens (primary N) is 1. The second kappa shape index (κ2) is 13.7. The first-order valence-electron chi connectivity index (χ1n) is 10.8. The van der Waals surface area contributed by atoms with Gasteiger partial charge in [0.25, 0.3) is 5.56 Å². The molecule has 0 aliphatic heterocycles. The average molecular weight is 622 g/mol. The monoisotopic (exact) mass is 621 g/mol. The number of alkyl halides is 3. The maximum Gasteiger partial charge on any atom is 0.490 e. The number of aromatic amines is 1. The van der Waals surface area contributed by atoms with E-state index < -0.39 is 29.3 Å². The summed E-state index contributed by atoms with van der Waals surface area (Å²) in [5.74, 6) is -3.84. The van der Waals surface area contributed by atoms with Crippen molar-refractivity contribution >= 4 is 27.8 Å². The molecule has 5 N–H and O–H groups in total. The first-order chi connectivity index (χ1) is 18.2. The number of halogens is 6. The fraction of sp³-hybridized carbons (Fsp3) is 0.261. The van der Waals surface area contributed by atoms with Gasteiger partial charge in [0.05, 0.1) is 13.1 Å². The van der Waals surface area contributed by atoms with Crippen LogP contribution in [-0.2, 0) is 29.2 Å². The van der Waals surface area contributed by atoms with E-state index in [1.807, 2.05) is 0 Å². The maximum absolute atomic E-state index is 14.0. The van der Waals surface area contributed by atoms with Gasteiger partial charge in [-0.05, 0) is 40.5 Å². The van der Waals surface area contributed by atoms with Gasteiger partial charge in [0.15, 0.2) is 0 Å². The number of aromatic nitrogens is 3. The van der Waals surface area contributed by atoms with E-state index in [0.29, 0.717) is 23.5 Å². The number of H-pyrrole nitrogens is 1. The molecule has 3 aromatic rings. The molecule has 0 aliphatic carbocycles. The molecule has 10 nitrogen and oxygen atoms in total. The van der Waals surface area contributed by atoms with Crippen molar-refractivity contribution in [2.45, 2.75) is 32.7 Å². The van der Waals surface area contributed by atoms with Gasteiger partial charge in [-0.25, -0.2) is 23.5 Å². The number of carboxylic acids is 1. The molecule has 1 aromatic carbocycles. The van der Waals surface area contributed by atoms with E-state index in [9.17, 15) is 31.5 Å². The molecule has 2 heterocycles. The first kappa shape index (κ1) is 31.3. The average Bonchev–Trinajstić information content (AvgIpc) is 2.87. The Morgan fingerprint density at radius 2 is 1.82 bits per heavy atom. The fourth-order valence-corrected chi connectivity index (χ4v) is 3.33. The SMILES string of the molecule is Cc1[nH]c(=O)c(Br)c(OCc2ccc(F)cc2F)c1Cc1cnc(CNC(=O)CN)nc1.O=C(O)C(F)(F)F. The van der Waals surface area contributed by atoms with Crippen LogP contribution in [0.1, 0.15) is 28.2 Å². The summed E-state index contributed by atoms with van der Waals surface area (Å²) < 4.78 is 64.8. The zero-order valence-electron chi connectivity index (χ0n) is 20.0. The van der Waals surface area contributed by atoms with Gasteiger partial charge in [0, 0.05) is 41.7 Å². The Hall–Kier alpha value is -3.92. The Kier molecular flexibility index (Phi) is 11.0. The van der Waals surface area contributed by atoms with E-state index in [-0.39, 0.29) is 41.4 Å². The highest BCUT2D eigenvalue weighted by Crippen LogP contribution is 2.30. The van der Waals surface area contributed by atoms with Crippen molar-refractivity contribution in [1.82, 2.24) is 20.3 Å². The Morgan fingerprint density at radius 1 is 1.21 bits per heavy atom. The summed E-state index contributed by atoms with van der Waals surface area (Å²) in [6.45, 7) is 1.54. The van der Waals surface area contributed by atoms with Crippen LogP contribution in [0.5, 0.6) is 5.75 Å². The standard InChI is InChI=1S/C21H20BrF2N5O3.C2HF3O2/c1-11-15(4-12-7-26-17(27-8-12)9-28-18(30)6-25)20(19(22)21(31)29-11)32-10-13-2-3-14(23)5-16(13)24;3-2(4,5)1(6)7/h2-3,5,7-8H,4,6,9-10,25H2,1H3,(H,28,30)(H,29,31);(H,6,7). The van der Waals surface area contributed by atoms with Crippen molar-refractivity contribution in [3.05, 3.63) is 85.3 Å². The molecule has 0 spiro atoms. The van der Waals surface area contributed by atoms with Crippen LogP contribution in [0.15, 0.2) is 39.9 Å². The number of nitrogens with one attached hydrogen (secondary N) is 2. The molecule has 0 unspecified atom stereocenters. The molecule has 16 heteroatoms. The highest BCUT2D eigenvalue weighted by molar-refractivity contribution is 9.10. The van der Waals surface area contributed by atoms with Crippen LogP contribution in [0.4, 0.5) is 22.0 Å². The molecule has 1 amide bonds. The number of benzene rings is 1. The second-order valence-corrected chi connectivity index (χ2v) is 8.49. The van der Waals surface area contributed by atoms with Crippen molar-refractivity contribution < 1.29 is 41.4 Å². The summed E-state index contributed by atoms with van der Waals surface area (Å²) in [5, 5.41) is 9.71. The van der Waals surface area contributed by atoms with Gasteiger partial charge >= 0.3 is 12.1 Å². The third-order valence-electron chi connectivity index (χ3n) is 4.82. The number of rotatable bonds is 8. The van der Waals surface area contributed by atoms with Crippen LogP contribution in [0, 0.1) is 18.6 Å². The van der Waals surface area contributed by atoms with Crippen LogP contribution in [-0.4, -0.2) is 44.7 Å². The molecule has 0 bridgehead atoms.